The predicted octanol–water partition coefficient (Wildman–Crippen LogP) is 1.30. The predicted molar refractivity (Wildman–Crippen MR) is 100 cm³/mol. The lowest BCUT2D eigenvalue weighted by atomic mass is 10.1. The van der Waals surface area contributed by atoms with Crippen LogP contribution in [0.5, 0.6) is 5.75 Å². The topological polar surface area (TPSA) is 125 Å². The van der Waals surface area contributed by atoms with Gasteiger partial charge in [-0.1, -0.05) is 0 Å². The zero-order valence-corrected chi connectivity index (χ0v) is 15.6. The smallest absolute Gasteiger partial charge is 0.240 e. The van der Waals surface area contributed by atoms with Crippen molar-refractivity contribution in [1.82, 2.24) is 24.2 Å². The first-order valence-electron chi connectivity index (χ1n) is 8.21. The third-order valence-electron chi connectivity index (χ3n) is 3.91. The molecule has 0 bridgehead atoms. The average molecular weight is 388 g/mol. The molecule has 0 saturated carbocycles. The van der Waals surface area contributed by atoms with Crippen LogP contribution in [0.2, 0.25) is 0 Å². The van der Waals surface area contributed by atoms with E-state index < -0.39 is 10.0 Å². The number of rotatable bonds is 8. The van der Waals surface area contributed by atoms with Crippen molar-refractivity contribution in [2.75, 3.05) is 19.4 Å². The number of anilines is 1. The fourth-order valence-electron chi connectivity index (χ4n) is 2.53. The third kappa shape index (κ3) is 4.60. The molecule has 142 valence electrons. The highest BCUT2D eigenvalue weighted by atomic mass is 32.2. The van der Waals surface area contributed by atoms with Crippen molar-refractivity contribution in [3.63, 3.8) is 0 Å². The van der Waals surface area contributed by atoms with Crippen LogP contribution in [0.1, 0.15) is 6.42 Å². The Morgan fingerprint density at radius 3 is 2.70 bits per heavy atom. The van der Waals surface area contributed by atoms with Gasteiger partial charge in [-0.3, -0.25) is 0 Å². The maximum Gasteiger partial charge on any atom is 0.240 e. The van der Waals surface area contributed by atoms with Crippen molar-refractivity contribution in [1.29, 1.82) is 0 Å². The maximum atomic E-state index is 12.6. The first kappa shape index (κ1) is 18.8. The van der Waals surface area contributed by atoms with E-state index in [1.807, 2.05) is 10.8 Å². The van der Waals surface area contributed by atoms with E-state index in [2.05, 4.69) is 19.7 Å². The Labute approximate surface area is 157 Å². The third-order valence-corrected chi connectivity index (χ3v) is 5.37. The molecule has 0 radical (unpaired) electrons. The lowest BCUT2D eigenvalue weighted by molar-refractivity contribution is 0.416. The molecule has 1 aromatic carbocycles. The van der Waals surface area contributed by atoms with Gasteiger partial charge < -0.3 is 15.0 Å². The van der Waals surface area contributed by atoms with Gasteiger partial charge in [-0.15, -0.1) is 0 Å². The quantitative estimate of drug-likeness (QED) is 0.557. The second-order valence-corrected chi connectivity index (χ2v) is 7.51. The molecule has 0 spiro atoms. The second kappa shape index (κ2) is 8.14. The van der Waals surface area contributed by atoms with Crippen molar-refractivity contribution < 1.29 is 13.2 Å². The van der Waals surface area contributed by atoms with Gasteiger partial charge in [0, 0.05) is 49.0 Å². The number of ether oxygens (including phenoxy) is 1. The van der Waals surface area contributed by atoms with E-state index in [0.29, 0.717) is 36.4 Å². The van der Waals surface area contributed by atoms with Crippen molar-refractivity contribution in [2.24, 2.45) is 0 Å². The second-order valence-electron chi connectivity index (χ2n) is 5.74. The summed E-state index contributed by atoms with van der Waals surface area (Å²) in [6.45, 7) is 0.992. The van der Waals surface area contributed by atoms with Crippen LogP contribution in [0, 0.1) is 0 Å². The van der Waals surface area contributed by atoms with Gasteiger partial charge in [0.05, 0.1) is 18.3 Å². The minimum atomic E-state index is -3.66. The average Bonchev–Trinajstić information content (AvgIpc) is 3.19. The van der Waals surface area contributed by atoms with Gasteiger partial charge >= 0.3 is 0 Å². The Bertz CT molecular complexity index is 988. The Morgan fingerprint density at radius 1 is 1.26 bits per heavy atom. The van der Waals surface area contributed by atoms with Crippen molar-refractivity contribution in [2.45, 2.75) is 17.9 Å². The molecule has 9 nitrogen and oxygen atoms in total. The number of aromatic nitrogens is 4. The molecule has 0 amide bonds. The molecule has 2 aromatic heterocycles. The monoisotopic (exact) mass is 388 g/mol. The first-order chi connectivity index (χ1) is 13.0. The zero-order valence-electron chi connectivity index (χ0n) is 14.7. The van der Waals surface area contributed by atoms with Gasteiger partial charge in [-0.05, 0) is 24.6 Å². The minimum Gasteiger partial charge on any atom is -0.496 e. The highest BCUT2D eigenvalue weighted by Gasteiger charge is 2.17. The fraction of sp³-hybridized carbons (Fsp3) is 0.235. The number of nitrogens with two attached hydrogens (primary N) is 1. The Balaban J connectivity index is 1.76. The molecule has 0 aliphatic rings. The largest absolute Gasteiger partial charge is 0.496 e. The molecule has 3 N–H and O–H groups in total. The molecular formula is C17H20N6O3S. The van der Waals surface area contributed by atoms with Crippen LogP contribution < -0.4 is 15.2 Å². The van der Waals surface area contributed by atoms with Gasteiger partial charge in [0.25, 0.3) is 0 Å². The van der Waals surface area contributed by atoms with Crippen LogP contribution >= 0.6 is 0 Å². The van der Waals surface area contributed by atoms with E-state index in [4.69, 9.17) is 10.5 Å². The Hall–Kier alpha value is -2.98. The molecule has 0 aliphatic carbocycles. The molecule has 0 unspecified atom stereocenters. The summed E-state index contributed by atoms with van der Waals surface area (Å²) in [5.41, 5.74) is 6.69. The summed E-state index contributed by atoms with van der Waals surface area (Å²) in [6, 6.07) is 4.64. The summed E-state index contributed by atoms with van der Waals surface area (Å²) in [5, 5.41) is 0. The molecule has 0 aliphatic heterocycles. The van der Waals surface area contributed by atoms with E-state index in [9.17, 15) is 8.42 Å². The van der Waals surface area contributed by atoms with Gasteiger partial charge in [-0.2, -0.15) is 0 Å². The van der Waals surface area contributed by atoms with Crippen LogP contribution in [0.3, 0.4) is 0 Å². The highest BCUT2D eigenvalue weighted by Crippen LogP contribution is 2.31. The van der Waals surface area contributed by atoms with Crippen molar-refractivity contribution in [3.05, 3.63) is 49.3 Å². The fourth-order valence-corrected chi connectivity index (χ4v) is 3.63. The van der Waals surface area contributed by atoms with Crippen LogP contribution in [0.25, 0.3) is 11.1 Å². The summed E-state index contributed by atoms with van der Waals surface area (Å²) in [4.78, 5) is 12.0. The van der Waals surface area contributed by atoms with Crippen molar-refractivity contribution in [3.8, 4) is 16.9 Å². The van der Waals surface area contributed by atoms with Crippen LogP contribution in [-0.4, -0.2) is 41.6 Å². The summed E-state index contributed by atoms with van der Waals surface area (Å²) in [5.74, 6) is 0.656. The number of hydrogen-bond acceptors (Lipinski definition) is 7. The van der Waals surface area contributed by atoms with Crippen LogP contribution in [0.4, 0.5) is 5.95 Å². The maximum absolute atomic E-state index is 12.6. The molecular weight excluding hydrogens is 368 g/mol. The molecule has 3 aromatic rings. The van der Waals surface area contributed by atoms with E-state index in [1.54, 1.807) is 18.6 Å². The van der Waals surface area contributed by atoms with E-state index in [-0.39, 0.29) is 10.8 Å². The van der Waals surface area contributed by atoms with E-state index in [1.165, 1.54) is 31.6 Å². The number of nitrogen functional groups attached to an aromatic ring is 1. The molecule has 10 heteroatoms. The first-order valence-corrected chi connectivity index (χ1v) is 9.69. The molecule has 0 saturated heterocycles. The van der Waals surface area contributed by atoms with Gasteiger partial charge in [-0.25, -0.2) is 28.1 Å². The standard InChI is InChI=1S/C17H20N6O3S/c1-26-16-4-3-14(9-15(16)13-10-20-17(18)21-11-13)27(24,25)22-5-2-7-23-8-6-19-12-23/h3-4,6,8-12,22H,2,5,7H2,1H3,(H2,18,20,21). The number of benzene rings is 1. The van der Waals surface area contributed by atoms with E-state index in [0.717, 1.165) is 0 Å². The number of nitrogens with one attached hydrogen (secondary N) is 1. The summed E-state index contributed by atoms with van der Waals surface area (Å²) < 4.78 is 35.0. The molecule has 0 fully saturated rings. The number of imidazole rings is 1. The normalized spacial score (nSPS) is 11.4. The number of nitrogens with zero attached hydrogens (tertiary/aromatic N) is 4. The highest BCUT2D eigenvalue weighted by molar-refractivity contribution is 7.89. The SMILES string of the molecule is COc1ccc(S(=O)(=O)NCCCn2ccnc2)cc1-c1cnc(N)nc1. The number of hydrogen-bond donors (Lipinski definition) is 2. The van der Waals surface area contributed by atoms with E-state index >= 15 is 0 Å². The summed E-state index contributed by atoms with van der Waals surface area (Å²) in [6.07, 6.45) is 8.90. The number of methoxy groups -OCH3 is 1. The lowest BCUT2D eigenvalue weighted by Gasteiger charge is -2.12. The molecule has 0 atom stereocenters. The Kier molecular flexibility index (Phi) is 5.67. The zero-order chi connectivity index (χ0) is 19.3. The van der Waals surface area contributed by atoms with Gasteiger partial charge in [0.2, 0.25) is 16.0 Å². The summed E-state index contributed by atoms with van der Waals surface area (Å²) in [7, 11) is -2.15. The Morgan fingerprint density at radius 2 is 2.04 bits per heavy atom. The summed E-state index contributed by atoms with van der Waals surface area (Å²) >= 11 is 0. The lowest BCUT2D eigenvalue weighted by Crippen LogP contribution is -2.25. The number of aryl methyl sites for hydroxylation is 1. The molecule has 27 heavy (non-hydrogen) atoms. The van der Waals surface area contributed by atoms with Crippen molar-refractivity contribution >= 4 is 16.0 Å². The molecule has 3 rings (SSSR count). The minimum absolute atomic E-state index is 0.137. The van der Waals surface area contributed by atoms with Crippen LogP contribution in [0.15, 0.2) is 54.2 Å². The van der Waals surface area contributed by atoms with Crippen LogP contribution in [-0.2, 0) is 16.6 Å². The van der Waals surface area contributed by atoms with Gasteiger partial charge in [0.1, 0.15) is 5.75 Å². The van der Waals surface area contributed by atoms with Gasteiger partial charge in [0.15, 0.2) is 0 Å². The molecule has 2 heterocycles. The number of sulfonamides is 1.